The standard InChI is InChI=1S/C17H23N5O/c23-17-3-6-18-13-21(17)11-14-4-8-20(9-5-14)12-15-10-19-22-7-1-2-16(15)22/h3,6,10,13-14H,1-2,4-5,7-9,11-12H2. The molecule has 0 saturated carbocycles. The minimum absolute atomic E-state index is 0.0536. The highest BCUT2D eigenvalue weighted by Gasteiger charge is 2.22. The van der Waals surface area contributed by atoms with Gasteiger partial charge in [0.1, 0.15) is 0 Å². The van der Waals surface area contributed by atoms with E-state index in [2.05, 4.69) is 25.9 Å². The molecule has 0 aromatic carbocycles. The van der Waals surface area contributed by atoms with Crippen LogP contribution in [0.4, 0.5) is 0 Å². The van der Waals surface area contributed by atoms with Crippen molar-refractivity contribution in [3.05, 3.63) is 46.4 Å². The summed E-state index contributed by atoms with van der Waals surface area (Å²) >= 11 is 0. The molecule has 2 aliphatic rings. The maximum absolute atomic E-state index is 11.8. The zero-order chi connectivity index (χ0) is 15.6. The van der Waals surface area contributed by atoms with Gasteiger partial charge < -0.3 is 0 Å². The molecule has 0 N–H and O–H groups in total. The van der Waals surface area contributed by atoms with Gasteiger partial charge in [-0.3, -0.25) is 18.9 Å². The smallest absolute Gasteiger partial charge is 0.253 e. The Kier molecular flexibility index (Phi) is 3.99. The molecule has 4 heterocycles. The van der Waals surface area contributed by atoms with Crippen molar-refractivity contribution in [3.8, 4) is 0 Å². The Morgan fingerprint density at radius 1 is 1.22 bits per heavy atom. The van der Waals surface area contributed by atoms with Gasteiger partial charge in [0.15, 0.2) is 0 Å². The topological polar surface area (TPSA) is 56.0 Å². The van der Waals surface area contributed by atoms with Crippen molar-refractivity contribution in [1.29, 1.82) is 0 Å². The quantitative estimate of drug-likeness (QED) is 0.854. The first-order valence-electron chi connectivity index (χ1n) is 8.56. The molecule has 2 aliphatic heterocycles. The molecule has 6 heteroatoms. The Balaban J connectivity index is 1.32. The third kappa shape index (κ3) is 3.08. The van der Waals surface area contributed by atoms with Crippen LogP contribution in [0.2, 0.25) is 0 Å². The average molecular weight is 313 g/mol. The molecule has 2 aromatic heterocycles. The van der Waals surface area contributed by atoms with Gasteiger partial charge in [0, 0.05) is 43.2 Å². The largest absolute Gasteiger partial charge is 0.299 e. The van der Waals surface area contributed by atoms with E-state index in [0.717, 1.165) is 45.6 Å². The average Bonchev–Trinajstić information content (AvgIpc) is 3.17. The molecule has 2 aromatic rings. The summed E-state index contributed by atoms with van der Waals surface area (Å²) in [6.45, 7) is 5.10. The summed E-state index contributed by atoms with van der Waals surface area (Å²) in [5.74, 6) is 0.575. The molecule has 4 rings (SSSR count). The van der Waals surface area contributed by atoms with Crippen LogP contribution in [0.5, 0.6) is 0 Å². The lowest BCUT2D eigenvalue weighted by Crippen LogP contribution is -2.36. The summed E-state index contributed by atoms with van der Waals surface area (Å²) in [5, 5.41) is 4.49. The summed E-state index contributed by atoms with van der Waals surface area (Å²) in [6, 6.07) is 1.54. The molecular formula is C17H23N5O. The van der Waals surface area contributed by atoms with Crippen LogP contribution < -0.4 is 5.56 Å². The van der Waals surface area contributed by atoms with Crippen molar-refractivity contribution in [2.24, 2.45) is 5.92 Å². The van der Waals surface area contributed by atoms with Gasteiger partial charge in [-0.2, -0.15) is 5.10 Å². The van der Waals surface area contributed by atoms with Gasteiger partial charge in [-0.15, -0.1) is 0 Å². The van der Waals surface area contributed by atoms with Crippen LogP contribution in [0.15, 0.2) is 29.6 Å². The van der Waals surface area contributed by atoms with Gasteiger partial charge in [0.25, 0.3) is 5.56 Å². The van der Waals surface area contributed by atoms with Crippen LogP contribution in [0.3, 0.4) is 0 Å². The highest BCUT2D eigenvalue weighted by Crippen LogP contribution is 2.23. The predicted octanol–water partition coefficient (Wildman–Crippen LogP) is 1.30. The second-order valence-electron chi connectivity index (χ2n) is 6.73. The molecule has 23 heavy (non-hydrogen) atoms. The Morgan fingerprint density at radius 3 is 2.91 bits per heavy atom. The van der Waals surface area contributed by atoms with Gasteiger partial charge in [-0.1, -0.05) is 0 Å². The number of hydrogen-bond acceptors (Lipinski definition) is 4. The zero-order valence-corrected chi connectivity index (χ0v) is 13.4. The van der Waals surface area contributed by atoms with Crippen LogP contribution in [0, 0.1) is 5.92 Å². The molecule has 0 bridgehead atoms. The Labute approximate surface area is 135 Å². The van der Waals surface area contributed by atoms with E-state index in [4.69, 9.17) is 0 Å². The third-order valence-electron chi connectivity index (χ3n) is 5.17. The molecule has 6 nitrogen and oxygen atoms in total. The second kappa shape index (κ2) is 6.28. The van der Waals surface area contributed by atoms with Crippen molar-refractivity contribution in [2.75, 3.05) is 13.1 Å². The van der Waals surface area contributed by atoms with Gasteiger partial charge in [-0.25, -0.2) is 4.98 Å². The number of nitrogens with zero attached hydrogens (tertiary/aromatic N) is 5. The number of rotatable bonds is 4. The number of fused-ring (bicyclic) bond motifs is 1. The summed E-state index contributed by atoms with van der Waals surface area (Å²) in [7, 11) is 0. The highest BCUT2D eigenvalue weighted by atomic mass is 16.1. The molecular weight excluding hydrogens is 290 g/mol. The lowest BCUT2D eigenvalue weighted by atomic mass is 9.96. The van der Waals surface area contributed by atoms with E-state index < -0.39 is 0 Å². The molecule has 0 radical (unpaired) electrons. The lowest BCUT2D eigenvalue weighted by Gasteiger charge is -2.32. The van der Waals surface area contributed by atoms with E-state index in [1.807, 2.05) is 0 Å². The maximum atomic E-state index is 11.8. The fourth-order valence-corrected chi connectivity index (χ4v) is 3.82. The van der Waals surface area contributed by atoms with E-state index in [1.165, 1.54) is 30.2 Å². The van der Waals surface area contributed by atoms with Gasteiger partial charge in [0.05, 0.1) is 12.5 Å². The molecule has 1 saturated heterocycles. The van der Waals surface area contributed by atoms with Crippen molar-refractivity contribution >= 4 is 0 Å². The minimum atomic E-state index is 0.0536. The lowest BCUT2D eigenvalue weighted by molar-refractivity contribution is 0.166. The van der Waals surface area contributed by atoms with Crippen LogP contribution in [-0.2, 0) is 26.1 Å². The van der Waals surface area contributed by atoms with Crippen molar-refractivity contribution < 1.29 is 0 Å². The SMILES string of the molecule is O=c1ccncn1CC1CCN(Cc2cnn3c2CCC3)CC1. The number of likely N-dealkylation sites (tertiary alicyclic amines) is 1. The number of aryl methyl sites for hydroxylation is 1. The summed E-state index contributed by atoms with van der Waals surface area (Å²) in [6.07, 6.45) is 9.97. The van der Waals surface area contributed by atoms with Crippen molar-refractivity contribution in [3.63, 3.8) is 0 Å². The van der Waals surface area contributed by atoms with Crippen LogP contribution in [0.25, 0.3) is 0 Å². The Hall–Kier alpha value is -1.95. The minimum Gasteiger partial charge on any atom is -0.299 e. The van der Waals surface area contributed by atoms with E-state index in [1.54, 1.807) is 17.1 Å². The first-order chi connectivity index (χ1) is 11.3. The monoisotopic (exact) mass is 313 g/mol. The molecule has 0 spiro atoms. The summed E-state index contributed by atoms with van der Waals surface area (Å²) in [4.78, 5) is 18.4. The number of aromatic nitrogens is 4. The highest BCUT2D eigenvalue weighted by molar-refractivity contribution is 5.20. The van der Waals surface area contributed by atoms with E-state index >= 15 is 0 Å². The van der Waals surface area contributed by atoms with Crippen molar-refractivity contribution in [2.45, 2.75) is 45.3 Å². The number of hydrogen-bond donors (Lipinski definition) is 0. The van der Waals surface area contributed by atoms with Gasteiger partial charge in [-0.05, 0) is 44.7 Å². The van der Waals surface area contributed by atoms with Gasteiger partial charge >= 0.3 is 0 Å². The van der Waals surface area contributed by atoms with E-state index in [9.17, 15) is 4.79 Å². The fraction of sp³-hybridized carbons (Fsp3) is 0.588. The van der Waals surface area contributed by atoms with E-state index in [0.29, 0.717) is 5.92 Å². The van der Waals surface area contributed by atoms with Crippen LogP contribution in [0.1, 0.15) is 30.5 Å². The Bertz CT molecular complexity index is 727. The summed E-state index contributed by atoms with van der Waals surface area (Å²) in [5.41, 5.74) is 2.90. The molecule has 0 aliphatic carbocycles. The van der Waals surface area contributed by atoms with Crippen LogP contribution in [-0.4, -0.2) is 37.3 Å². The molecule has 0 atom stereocenters. The zero-order valence-electron chi connectivity index (χ0n) is 13.4. The normalized spacial score (nSPS) is 19.1. The number of piperidine rings is 1. The van der Waals surface area contributed by atoms with Crippen molar-refractivity contribution in [1.82, 2.24) is 24.2 Å². The Morgan fingerprint density at radius 2 is 2.09 bits per heavy atom. The first-order valence-corrected chi connectivity index (χ1v) is 8.56. The first kappa shape index (κ1) is 14.6. The molecule has 0 amide bonds. The predicted molar refractivity (Wildman–Crippen MR) is 87.0 cm³/mol. The van der Waals surface area contributed by atoms with E-state index in [-0.39, 0.29) is 5.56 Å². The summed E-state index contributed by atoms with van der Waals surface area (Å²) < 4.78 is 3.90. The second-order valence-corrected chi connectivity index (χ2v) is 6.73. The van der Waals surface area contributed by atoms with Gasteiger partial charge in [0.2, 0.25) is 0 Å². The molecule has 122 valence electrons. The van der Waals surface area contributed by atoms with Crippen LogP contribution >= 0.6 is 0 Å². The fourth-order valence-electron chi connectivity index (χ4n) is 3.82. The molecule has 1 fully saturated rings. The maximum Gasteiger partial charge on any atom is 0.253 e. The molecule has 0 unspecified atom stereocenters. The third-order valence-corrected chi connectivity index (χ3v) is 5.17.